The van der Waals surface area contributed by atoms with Crippen LogP contribution in [0, 0.1) is 0 Å². The number of amides is 1. The summed E-state index contributed by atoms with van der Waals surface area (Å²) in [5, 5.41) is 2.04. The largest absolute Gasteiger partial charge is 0.471 e. The first-order valence-electron chi connectivity index (χ1n) is 22.3. The van der Waals surface area contributed by atoms with E-state index in [1.807, 2.05) is 5.32 Å². The number of hydrogen-bond acceptors (Lipinski definition) is 9. The second-order valence-electron chi connectivity index (χ2n) is 15.2. The highest BCUT2D eigenvalue weighted by Gasteiger charge is 2.22. The highest BCUT2D eigenvalue weighted by Crippen LogP contribution is 2.36. The molecule has 326 valence electrons. The Hall–Kier alpha value is -1.72. The lowest BCUT2D eigenvalue weighted by molar-refractivity contribution is -0.258. The van der Waals surface area contributed by atoms with Crippen LogP contribution in [0.2, 0.25) is 0 Å². The van der Waals surface area contributed by atoms with Gasteiger partial charge in [0.25, 0.3) is 0 Å². The van der Waals surface area contributed by atoms with Gasteiger partial charge in [0, 0.05) is 12.8 Å². The van der Waals surface area contributed by atoms with Crippen molar-refractivity contribution in [2.45, 2.75) is 239 Å². The highest BCUT2D eigenvalue weighted by molar-refractivity contribution is 7.46. The molecule has 0 aliphatic heterocycles. The lowest BCUT2D eigenvalue weighted by Crippen LogP contribution is -2.36. The molecule has 0 heterocycles. The minimum absolute atomic E-state index is 0.209. The Kier molecular flexibility index (Phi) is 37.9. The molecule has 0 aliphatic carbocycles. The van der Waals surface area contributed by atoms with Gasteiger partial charge in [-0.25, -0.2) is 9.36 Å². The fourth-order valence-corrected chi connectivity index (χ4v) is 6.95. The summed E-state index contributed by atoms with van der Waals surface area (Å²) in [6, 6.07) is 0. The maximum atomic E-state index is 12.6. The van der Waals surface area contributed by atoms with E-state index in [1.54, 1.807) is 0 Å². The Morgan fingerprint density at radius 2 is 0.873 bits per heavy atom. The zero-order valence-corrected chi connectivity index (χ0v) is 36.1. The van der Waals surface area contributed by atoms with Crippen molar-refractivity contribution in [1.82, 2.24) is 5.32 Å². The van der Waals surface area contributed by atoms with Crippen molar-refractivity contribution in [2.24, 2.45) is 0 Å². The Bertz CT molecular complexity index is 948. The van der Waals surface area contributed by atoms with Gasteiger partial charge in [-0.05, 0) is 19.8 Å². The Morgan fingerprint density at radius 3 is 1.24 bits per heavy atom. The maximum Gasteiger partial charge on any atom is 0.471 e. The monoisotopic (exact) mass is 808 g/mol. The number of unbranched alkanes of at least 4 members (excludes halogenated alkanes) is 28. The molecule has 0 aromatic rings. The van der Waals surface area contributed by atoms with Crippen molar-refractivity contribution < 1.29 is 52.5 Å². The summed E-state index contributed by atoms with van der Waals surface area (Å²) >= 11 is 0. The number of phosphoric acid groups is 1. The number of carbonyl (C=O) groups is 3. The normalized spacial score (nSPS) is 12.7. The molecule has 12 nitrogen and oxygen atoms in total. The second-order valence-corrected chi connectivity index (χ2v) is 16.4. The molecule has 0 spiro atoms. The summed E-state index contributed by atoms with van der Waals surface area (Å²) in [7, 11) is -4.82. The van der Waals surface area contributed by atoms with Crippen molar-refractivity contribution in [3.63, 3.8) is 0 Å². The van der Waals surface area contributed by atoms with Crippen LogP contribution in [0.25, 0.3) is 0 Å². The van der Waals surface area contributed by atoms with Crippen molar-refractivity contribution >= 4 is 25.9 Å². The molecule has 2 atom stereocenters. The first-order chi connectivity index (χ1) is 26.6. The molecular formula is C42H82NO11P. The second kappa shape index (κ2) is 39.1. The zero-order valence-electron chi connectivity index (χ0n) is 35.2. The summed E-state index contributed by atoms with van der Waals surface area (Å²) in [4.78, 5) is 64.2. The van der Waals surface area contributed by atoms with Gasteiger partial charge >= 0.3 is 25.9 Å². The number of carbonyl (C=O) groups excluding carboxylic acids is 3. The molecule has 55 heavy (non-hydrogen) atoms. The summed E-state index contributed by atoms with van der Waals surface area (Å²) in [6.07, 6.45) is 33.8. The maximum absolute atomic E-state index is 12.6. The van der Waals surface area contributed by atoms with Crippen LogP contribution in [0.4, 0.5) is 4.79 Å². The molecule has 1 amide bonds. The molecule has 0 fully saturated rings. The zero-order chi connectivity index (χ0) is 40.7. The minimum Gasteiger partial charge on any atom is -0.462 e. The molecule has 0 saturated heterocycles. The Balaban J connectivity index is 4.29. The molecule has 13 heteroatoms. The average molecular weight is 808 g/mol. The smallest absolute Gasteiger partial charge is 0.462 e. The number of esters is 2. The molecule has 0 aliphatic rings. The first-order valence-corrected chi connectivity index (χ1v) is 23.8. The minimum atomic E-state index is -4.82. The van der Waals surface area contributed by atoms with Gasteiger partial charge in [-0.1, -0.05) is 194 Å². The standard InChI is InChI=1S/C42H82NO11P/c1-4-6-8-10-12-14-16-18-20-22-24-26-28-30-32-34-40(44)50-36-39(37-51-53-42(46)43-38(3)54-55(47,48)49)52-41(45)35-33-31-29-27-25-23-21-19-17-15-13-11-9-7-5-2/h38-39H,4-37H2,1-3H3,(H,43,46)(H2,47,48,49)/t38?,39-/m1/s1. The molecule has 0 rings (SSSR count). The van der Waals surface area contributed by atoms with Crippen LogP contribution in [0.1, 0.15) is 226 Å². The third-order valence-corrected chi connectivity index (χ3v) is 10.3. The Labute approximate surface area is 334 Å². The SMILES string of the molecule is CCCCCCCCCCCCCCCCCC(=O)OC[C@H](COOC(=O)NC(C)OP(=O)(O)O)OC(=O)CCCCCCCCCCCCCCCCC. The third-order valence-electron chi connectivity index (χ3n) is 9.70. The van der Waals surface area contributed by atoms with Crippen molar-refractivity contribution in [3.8, 4) is 0 Å². The highest BCUT2D eigenvalue weighted by atomic mass is 31.2. The van der Waals surface area contributed by atoms with Gasteiger partial charge < -0.3 is 19.3 Å². The van der Waals surface area contributed by atoms with E-state index >= 15 is 0 Å². The van der Waals surface area contributed by atoms with Crippen LogP contribution in [-0.4, -0.2) is 53.4 Å². The van der Waals surface area contributed by atoms with E-state index in [1.165, 1.54) is 155 Å². The van der Waals surface area contributed by atoms with Gasteiger partial charge in [-0.3, -0.25) is 24.3 Å². The van der Waals surface area contributed by atoms with Crippen LogP contribution >= 0.6 is 7.82 Å². The summed E-state index contributed by atoms with van der Waals surface area (Å²) in [5.74, 6) is -0.866. The molecule has 0 aromatic carbocycles. The van der Waals surface area contributed by atoms with E-state index in [0.717, 1.165) is 38.5 Å². The van der Waals surface area contributed by atoms with Crippen molar-refractivity contribution in [2.75, 3.05) is 13.2 Å². The van der Waals surface area contributed by atoms with E-state index in [2.05, 4.69) is 23.3 Å². The number of rotatable bonds is 41. The topological polar surface area (TPSA) is 167 Å². The fraction of sp³-hybridized carbons (Fsp3) is 0.929. The summed E-state index contributed by atoms with van der Waals surface area (Å²) < 4.78 is 26.1. The van der Waals surface area contributed by atoms with Crippen LogP contribution in [0.15, 0.2) is 0 Å². The van der Waals surface area contributed by atoms with E-state index < -0.39 is 44.8 Å². The predicted octanol–water partition coefficient (Wildman–Crippen LogP) is 12.1. The lowest BCUT2D eigenvalue weighted by atomic mass is 10.0. The number of ether oxygens (including phenoxy) is 2. The van der Waals surface area contributed by atoms with E-state index in [9.17, 15) is 18.9 Å². The van der Waals surface area contributed by atoms with Crippen molar-refractivity contribution in [3.05, 3.63) is 0 Å². The molecule has 0 saturated carbocycles. The first kappa shape index (κ1) is 53.3. The number of hydrogen-bond donors (Lipinski definition) is 3. The Morgan fingerprint density at radius 1 is 0.527 bits per heavy atom. The molecular weight excluding hydrogens is 725 g/mol. The van der Waals surface area contributed by atoms with Gasteiger partial charge in [0.1, 0.15) is 19.4 Å². The van der Waals surface area contributed by atoms with E-state index in [4.69, 9.17) is 24.1 Å². The van der Waals surface area contributed by atoms with Crippen molar-refractivity contribution in [1.29, 1.82) is 0 Å². The fourth-order valence-electron chi connectivity index (χ4n) is 6.49. The average Bonchev–Trinajstić information content (AvgIpc) is 3.12. The van der Waals surface area contributed by atoms with Crippen LogP contribution in [0.3, 0.4) is 0 Å². The van der Waals surface area contributed by atoms with Crippen LogP contribution in [-0.2, 0) is 37.9 Å². The molecule has 1 unspecified atom stereocenters. The van der Waals surface area contributed by atoms with Gasteiger partial charge in [-0.2, -0.15) is 4.89 Å². The quantitative estimate of drug-likeness (QED) is 0.0134. The number of nitrogens with one attached hydrogen (secondary N) is 1. The molecule has 0 bridgehead atoms. The molecule has 0 radical (unpaired) electrons. The van der Waals surface area contributed by atoms with Crippen LogP contribution in [0.5, 0.6) is 0 Å². The summed E-state index contributed by atoms with van der Waals surface area (Å²) in [5.41, 5.74) is 0. The third kappa shape index (κ3) is 41.7. The van der Waals surface area contributed by atoms with Crippen LogP contribution < -0.4 is 5.32 Å². The van der Waals surface area contributed by atoms with Gasteiger partial charge in [0.15, 0.2) is 6.10 Å². The van der Waals surface area contributed by atoms with Gasteiger partial charge in [0.2, 0.25) is 0 Å². The number of phosphoric ester groups is 1. The lowest BCUT2D eigenvalue weighted by Gasteiger charge is -2.18. The summed E-state index contributed by atoms with van der Waals surface area (Å²) in [6.45, 7) is 5.03. The molecule has 0 aromatic heterocycles. The van der Waals surface area contributed by atoms with E-state index in [0.29, 0.717) is 6.42 Å². The van der Waals surface area contributed by atoms with Gasteiger partial charge in [-0.15, -0.1) is 0 Å². The molecule has 3 N–H and O–H groups in total. The van der Waals surface area contributed by atoms with Gasteiger partial charge in [0.05, 0.1) is 0 Å². The van der Waals surface area contributed by atoms with E-state index in [-0.39, 0.29) is 19.4 Å². The predicted molar refractivity (Wildman–Crippen MR) is 218 cm³/mol.